The number of amides is 1. The number of aromatic nitrogens is 6. The van der Waals surface area contributed by atoms with E-state index in [0.29, 0.717) is 41.1 Å². The number of piperazine rings is 1. The van der Waals surface area contributed by atoms with E-state index < -0.39 is 0 Å². The van der Waals surface area contributed by atoms with Crippen molar-refractivity contribution in [2.75, 3.05) is 26.2 Å². The summed E-state index contributed by atoms with van der Waals surface area (Å²) in [4.78, 5) is 22.3. The molecule has 10 nitrogen and oxygen atoms in total. The third-order valence-corrected chi connectivity index (χ3v) is 5.67. The van der Waals surface area contributed by atoms with Crippen molar-refractivity contribution >= 4 is 17.0 Å². The molecule has 0 aromatic carbocycles. The lowest BCUT2D eigenvalue weighted by molar-refractivity contribution is 0.0630. The molecule has 0 radical (unpaired) electrons. The average Bonchev–Trinajstić information content (AvgIpc) is 3.48. The van der Waals surface area contributed by atoms with Gasteiger partial charge in [0, 0.05) is 70.3 Å². The van der Waals surface area contributed by atoms with Crippen molar-refractivity contribution in [1.29, 1.82) is 0 Å². The molecule has 4 aromatic rings. The normalized spacial score (nSPS) is 15.1. The van der Waals surface area contributed by atoms with Crippen LogP contribution in [0.3, 0.4) is 0 Å². The molecule has 1 fully saturated rings. The van der Waals surface area contributed by atoms with E-state index in [4.69, 9.17) is 4.52 Å². The highest BCUT2D eigenvalue weighted by Crippen LogP contribution is 2.28. The van der Waals surface area contributed by atoms with Gasteiger partial charge in [0.2, 0.25) is 0 Å². The van der Waals surface area contributed by atoms with Gasteiger partial charge in [0.05, 0.1) is 34.7 Å². The van der Waals surface area contributed by atoms with Crippen LogP contribution in [0, 0.1) is 6.92 Å². The van der Waals surface area contributed by atoms with Crippen molar-refractivity contribution in [3.8, 4) is 11.3 Å². The van der Waals surface area contributed by atoms with Crippen LogP contribution in [0.2, 0.25) is 0 Å². The highest BCUT2D eigenvalue weighted by molar-refractivity contribution is 6.07. The van der Waals surface area contributed by atoms with Crippen molar-refractivity contribution in [2.24, 2.45) is 14.1 Å². The molecule has 1 aliphatic heterocycles. The maximum absolute atomic E-state index is 13.5. The maximum atomic E-state index is 13.5. The SMILES string of the molecule is Cc1noc2nc(-c3cnn(C)c3)cc(C(=O)N3CCN(Cc4cnn(C)c4)CC3)c12. The summed E-state index contributed by atoms with van der Waals surface area (Å²) in [6.45, 7) is 5.62. The first-order chi connectivity index (χ1) is 15.0. The number of carbonyl (C=O) groups excluding carboxylic acids is 1. The average molecular weight is 420 g/mol. The lowest BCUT2D eigenvalue weighted by atomic mass is 10.1. The molecule has 31 heavy (non-hydrogen) atoms. The molecule has 1 aliphatic rings. The zero-order chi connectivity index (χ0) is 21.5. The van der Waals surface area contributed by atoms with E-state index >= 15 is 0 Å². The van der Waals surface area contributed by atoms with Crippen LogP contribution in [-0.2, 0) is 20.6 Å². The Balaban J connectivity index is 1.38. The van der Waals surface area contributed by atoms with Crippen molar-refractivity contribution in [3.63, 3.8) is 0 Å². The monoisotopic (exact) mass is 420 g/mol. The molecule has 160 valence electrons. The molecule has 1 amide bonds. The predicted octanol–water partition coefficient (Wildman–Crippen LogP) is 1.62. The second kappa shape index (κ2) is 7.62. The molecule has 10 heteroatoms. The Labute approximate surface area is 179 Å². The van der Waals surface area contributed by atoms with Gasteiger partial charge >= 0.3 is 0 Å². The lowest BCUT2D eigenvalue weighted by Crippen LogP contribution is -2.48. The maximum Gasteiger partial charge on any atom is 0.259 e. The van der Waals surface area contributed by atoms with Crippen molar-refractivity contribution in [2.45, 2.75) is 13.5 Å². The molecule has 5 rings (SSSR count). The van der Waals surface area contributed by atoms with E-state index in [9.17, 15) is 4.79 Å². The number of hydrogen-bond donors (Lipinski definition) is 0. The molecule has 0 bridgehead atoms. The summed E-state index contributed by atoms with van der Waals surface area (Å²) >= 11 is 0. The van der Waals surface area contributed by atoms with Gasteiger partial charge in [0.15, 0.2) is 0 Å². The zero-order valence-corrected chi connectivity index (χ0v) is 17.8. The van der Waals surface area contributed by atoms with E-state index in [0.717, 1.165) is 25.2 Å². The Morgan fingerprint density at radius 3 is 2.48 bits per heavy atom. The number of hydrogen-bond acceptors (Lipinski definition) is 7. The van der Waals surface area contributed by atoms with Gasteiger partial charge in [-0.25, -0.2) is 4.98 Å². The van der Waals surface area contributed by atoms with Crippen LogP contribution in [0.4, 0.5) is 0 Å². The molecule has 0 N–H and O–H groups in total. The summed E-state index contributed by atoms with van der Waals surface area (Å²) in [5, 5.41) is 13.2. The van der Waals surface area contributed by atoms with Gasteiger partial charge in [-0.1, -0.05) is 5.16 Å². The zero-order valence-electron chi connectivity index (χ0n) is 17.8. The number of fused-ring (bicyclic) bond motifs is 1. The van der Waals surface area contributed by atoms with Crippen molar-refractivity contribution in [3.05, 3.63) is 47.7 Å². The molecular formula is C21H24N8O2. The van der Waals surface area contributed by atoms with Gasteiger partial charge in [-0.3, -0.25) is 19.1 Å². The molecule has 0 aliphatic carbocycles. The summed E-state index contributed by atoms with van der Waals surface area (Å²) in [5.41, 5.74) is 4.27. The standard InChI is InChI=1S/C21H24N8O2/c1-14-19-17(8-18(24-20(19)31-25-14)16-10-23-27(3)13-16)21(30)29-6-4-28(5-7-29)12-15-9-22-26(2)11-15/h8-11,13H,4-7,12H2,1-3H3. The number of nitrogens with zero attached hydrogens (tertiary/aromatic N) is 8. The Hall–Kier alpha value is -3.53. The fraction of sp³-hybridized carbons (Fsp3) is 0.381. The number of pyridine rings is 1. The van der Waals surface area contributed by atoms with Crippen LogP contribution in [-0.4, -0.2) is 71.6 Å². The largest absolute Gasteiger partial charge is 0.336 e. The second-order valence-electron chi connectivity index (χ2n) is 8.00. The molecule has 5 heterocycles. The summed E-state index contributed by atoms with van der Waals surface area (Å²) < 4.78 is 8.92. The highest BCUT2D eigenvalue weighted by atomic mass is 16.5. The first-order valence-corrected chi connectivity index (χ1v) is 10.2. The molecule has 0 saturated carbocycles. The Morgan fingerprint density at radius 2 is 1.81 bits per heavy atom. The van der Waals surface area contributed by atoms with Gasteiger partial charge in [0.25, 0.3) is 11.6 Å². The first-order valence-electron chi connectivity index (χ1n) is 10.2. The Morgan fingerprint density at radius 1 is 1.06 bits per heavy atom. The summed E-state index contributed by atoms with van der Waals surface area (Å²) in [6.07, 6.45) is 7.51. The summed E-state index contributed by atoms with van der Waals surface area (Å²) in [6, 6.07) is 1.83. The van der Waals surface area contributed by atoms with Gasteiger partial charge < -0.3 is 9.42 Å². The Kier molecular flexibility index (Phi) is 4.78. The van der Waals surface area contributed by atoms with E-state index in [1.54, 1.807) is 10.9 Å². The Bertz CT molecular complexity index is 1250. The fourth-order valence-electron chi connectivity index (χ4n) is 4.06. The molecule has 0 spiro atoms. The highest BCUT2D eigenvalue weighted by Gasteiger charge is 2.26. The van der Waals surface area contributed by atoms with Crippen LogP contribution in [0.5, 0.6) is 0 Å². The second-order valence-corrected chi connectivity index (χ2v) is 8.00. The van der Waals surface area contributed by atoms with Crippen LogP contribution < -0.4 is 0 Å². The van der Waals surface area contributed by atoms with Crippen molar-refractivity contribution < 1.29 is 9.32 Å². The van der Waals surface area contributed by atoms with Crippen molar-refractivity contribution in [1.82, 2.24) is 39.5 Å². The molecule has 0 unspecified atom stereocenters. The summed E-state index contributed by atoms with van der Waals surface area (Å²) in [5.74, 6) is -0.0233. The van der Waals surface area contributed by atoms with E-state index in [2.05, 4.69) is 25.2 Å². The van der Waals surface area contributed by atoms with E-state index in [-0.39, 0.29) is 5.91 Å². The molecular weight excluding hydrogens is 396 g/mol. The quantitative estimate of drug-likeness (QED) is 0.495. The smallest absolute Gasteiger partial charge is 0.259 e. The molecule has 1 saturated heterocycles. The third-order valence-electron chi connectivity index (χ3n) is 5.67. The van der Waals surface area contributed by atoms with Crippen LogP contribution in [0.25, 0.3) is 22.4 Å². The minimum Gasteiger partial charge on any atom is -0.336 e. The predicted molar refractivity (Wildman–Crippen MR) is 113 cm³/mol. The number of carbonyl (C=O) groups is 1. The van der Waals surface area contributed by atoms with E-state index in [1.807, 2.05) is 55.3 Å². The van der Waals surface area contributed by atoms with Gasteiger partial charge in [-0.2, -0.15) is 10.2 Å². The lowest BCUT2D eigenvalue weighted by Gasteiger charge is -2.34. The molecule has 4 aromatic heterocycles. The minimum absolute atomic E-state index is 0.0233. The third kappa shape index (κ3) is 3.70. The minimum atomic E-state index is -0.0233. The van der Waals surface area contributed by atoms with Gasteiger partial charge in [-0.15, -0.1) is 0 Å². The number of rotatable bonds is 4. The van der Waals surface area contributed by atoms with E-state index in [1.165, 1.54) is 5.56 Å². The van der Waals surface area contributed by atoms with Crippen LogP contribution in [0.15, 0.2) is 35.4 Å². The van der Waals surface area contributed by atoms with Crippen LogP contribution >= 0.6 is 0 Å². The fourth-order valence-corrected chi connectivity index (χ4v) is 4.06. The first kappa shape index (κ1) is 19.4. The van der Waals surface area contributed by atoms with Gasteiger partial charge in [-0.05, 0) is 13.0 Å². The van der Waals surface area contributed by atoms with Gasteiger partial charge in [0.1, 0.15) is 0 Å². The topological polar surface area (TPSA) is 98.1 Å². The number of aryl methyl sites for hydroxylation is 3. The summed E-state index contributed by atoms with van der Waals surface area (Å²) in [7, 11) is 3.76. The van der Waals surface area contributed by atoms with Crippen LogP contribution in [0.1, 0.15) is 21.6 Å². The molecule has 0 atom stereocenters.